The van der Waals surface area contributed by atoms with Gasteiger partial charge in [-0.3, -0.25) is 9.59 Å². The summed E-state index contributed by atoms with van der Waals surface area (Å²) < 4.78 is 5.55. The minimum absolute atomic E-state index is 0.274. The third-order valence-corrected chi connectivity index (χ3v) is 5.76. The van der Waals surface area contributed by atoms with Crippen LogP contribution in [0.5, 0.6) is 5.75 Å². The van der Waals surface area contributed by atoms with E-state index in [4.69, 9.17) is 4.74 Å². The molecule has 0 spiro atoms. The lowest BCUT2D eigenvalue weighted by atomic mass is 10.1. The molecule has 0 radical (unpaired) electrons. The number of benzene rings is 2. The molecule has 2 amide bonds. The molecule has 0 unspecified atom stereocenters. The Morgan fingerprint density at radius 2 is 1.77 bits per heavy atom. The number of ether oxygens (including phenoxy) is 1. The molecule has 0 aliphatic carbocycles. The molecule has 152 valence electrons. The number of rotatable bonds is 7. The number of anilines is 2. The molecule has 1 aliphatic rings. The summed E-state index contributed by atoms with van der Waals surface area (Å²) in [7, 11) is 0. The zero-order chi connectivity index (χ0) is 21.1. The summed E-state index contributed by atoms with van der Waals surface area (Å²) in [5, 5.41) is 5.07. The van der Waals surface area contributed by atoms with E-state index in [0.717, 1.165) is 16.9 Å². The lowest BCUT2D eigenvalue weighted by Crippen LogP contribution is -2.32. The fourth-order valence-corrected chi connectivity index (χ4v) is 4.15. The van der Waals surface area contributed by atoms with Crippen molar-refractivity contribution < 1.29 is 14.3 Å². The maximum Gasteiger partial charge on any atom is 0.282 e. The van der Waals surface area contributed by atoms with E-state index in [1.165, 1.54) is 16.2 Å². The van der Waals surface area contributed by atoms with Crippen LogP contribution < -0.4 is 15.0 Å². The molecule has 4 rings (SSSR count). The number of carbonyl (C=O) groups is 2. The number of amides is 2. The summed E-state index contributed by atoms with van der Waals surface area (Å²) in [4.78, 5) is 28.7. The van der Waals surface area contributed by atoms with Crippen molar-refractivity contribution in [3.63, 3.8) is 0 Å². The van der Waals surface area contributed by atoms with Crippen molar-refractivity contribution in [1.82, 2.24) is 0 Å². The highest BCUT2D eigenvalue weighted by Crippen LogP contribution is 2.36. The van der Waals surface area contributed by atoms with Crippen LogP contribution in [0.1, 0.15) is 24.3 Å². The molecule has 3 aromatic rings. The standard InChI is InChI=1S/C24H22N2O3S/c1-3-16-10-12-18(13-11-16)26-23(27)21(20-9-6-14-30-20)22(24(26)28)25-17-7-5-8-19(15-17)29-4-2/h5-15,25H,3-4H2,1-2H3. The van der Waals surface area contributed by atoms with Crippen molar-refractivity contribution in [3.05, 3.63) is 82.2 Å². The molecule has 0 bridgehead atoms. The highest BCUT2D eigenvalue weighted by molar-refractivity contribution is 7.11. The minimum Gasteiger partial charge on any atom is -0.494 e. The number of thiophene rings is 1. The van der Waals surface area contributed by atoms with Gasteiger partial charge in [-0.2, -0.15) is 0 Å². The van der Waals surface area contributed by atoms with Crippen LogP contribution in [0.4, 0.5) is 11.4 Å². The minimum atomic E-state index is -0.366. The lowest BCUT2D eigenvalue weighted by Gasteiger charge is -2.16. The van der Waals surface area contributed by atoms with Gasteiger partial charge in [0, 0.05) is 16.6 Å². The van der Waals surface area contributed by atoms with E-state index in [-0.39, 0.29) is 17.5 Å². The van der Waals surface area contributed by atoms with Gasteiger partial charge in [0.2, 0.25) is 0 Å². The number of aryl methyl sites for hydroxylation is 1. The molecule has 30 heavy (non-hydrogen) atoms. The molecule has 0 saturated heterocycles. The Morgan fingerprint density at radius 3 is 2.43 bits per heavy atom. The van der Waals surface area contributed by atoms with Crippen LogP contribution in [0.2, 0.25) is 0 Å². The van der Waals surface area contributed by atoms with Crippen molar-refractivity contribution in [2.45, 2.75) is 20.3 Å². The van der Waals surface area contributed by atoms with Gasteiger partial charge in [-0.1, -0.05) is 31.2 Å². The monoisotopic (exact) mass is 418 g/mol. The normalized spacial score (nSPS) is 13.9. The number of carbonyl (C=O) groups excluding carboxylic acids is 2. The first-order valence-corrected chi connectivity index (χ1v) is 10.8. The number of nitrogens with zero attached hydrogens (tertiary/aromatic N) is 1. The highest BCUT2D eigenvalue weighted by Gasteiger charge is 2.40. The number of nitrogens with one attached hydrogen (secondary N) is 1. The fraction of sp³-hybridized carbons (Fsp3) is 0.167. The SMILES string of the molecule is CCOc1cccc(NC2=C(c3cccs3)C(=O)N(c3ccc(CC)cc3)C2=O)c1. The topological polar surface area (TPSA) is 58.6 Å². The van der Waals surface area contributed by atoms with Crippen molar-refractivity contribution in [2.24, 2.45) is 0 Å². The smallest absolute Gasteiger partial charge is 0.282 e. The van der Waals surface area contributed by atoms with Crippen molar-refractivity contribution >= 4 is 40.1 Å². The molecular formula is C24H22N2O3S. The molecule has 1 aromatic heterocycles. The van der Waals surface area contributed by atoms with E-state index in [1.807, 2.05) is 73.0 Å². The van der Waals surface area contributed by atoms with E-state index in [9.17, 15) is 9.59 Å². The van der Waals surface area contributed by atoms with E-state index in [1.54, 1.807) is 0 Å². The molecule has 6 heteroatoms. The van der Waals surface area contributed by atoms with Crippen LogP contribution in [-0.4, -0.2) is 18.4 Å². The lowest BCUT2D eigenvalue weighted by molar-refractivity contribution is -0.120. The Kier molecular flexibility index (Phi) is 5.68. The van der Waals surface area contributed by atoms with E-state index >= 15 is 0 Å². The predicted octanol–water partition coefficient (Wildman–Crippen LogP) is 5.11. The Labute approximate surface area is 179 Å². The third-order valence-electron chi connectivity index (χ3n) is 4.87. The number of hydrogen-bond acceptors (Lipinski definition) is 5. The van der Waals surface area contributed by atoms with Crippen LogP contribution in [0.3, 0.4) is 0 Å². The van der Waals surface area contributed by atoms with Gasteiger partial charge in [-0.05, 0) is 54.6 Å². The maximum atomic E-state index is 13.3. The quantitative estimate of drug-likeness (QED) is 0.542. The van der Waals surface area contributed by atoms with E-state index < -0.39 is 0 Å². The molecular weight excluding hydrogens is 396 g/mol. The average molecular weight is 419 g/mol. The molecule has 0 saturated carbocycles. The second-order valence-corrected chi connectivity index (χ2v) is 7.73. The molecule has 5 nitrogen and oxygen atoms in total. The first-order valence-electron chi connectivity index (χ1n) is 9.88. The van der Waals surface area contributed by atoms with Gasteiger partial charge >= 0.3 is 0 Å². The van der Waals surface area contributed by atoms with Crippen LogP contribution >= 0.6 is 11.3 Å². The van der Waals surface area contributed by atoms with Gasteiger partial charge in [0.05, 0.1) is 17.9 Å². The summed E-state index contributed by atoms with van der Waals surface area (Å²) in [6, 6.07) is 18.6. The summed E-state index contributed by atoms with van der Waals surface area (Å²) >= 11 is 1.43. The van der Waals surface area contributed by atoms with E-state index in [0.29, 0.717) is 29.3 Å². The largest absolute Gasteiger partial charge is 0.494 e. The Hall–Kier alpha value is -3.38. The average Bonchev–Trinajstić information content (AvgIpc) is 3.36. The van der Waals surface area contributed by atoms with Gasteiger partial charge < -0.3 is 10.1 Å². The summed E-state index contributed by atoms with van der Waals surface area (Å²) in [6.45, 7) is 4.53. The van der Waals surface area contributed by atoms with Gasteiger partial charge in [0.15, 0.2) is 0 Å². The fourth-order valence-electron chi connectivity index (χ4n) is 3.38. The Bertz CT molecular complexity index is 1100. The molecule has 2 heterocycles. The third kappa shape index (κ3) is 3.74. The van der Waals surface area contributed by atoms with Gasteiger partial charge in [0.25, 0.3) is 11.8 Å². The van der Waals surface area contributed by atoms with Crippen molar-refractivity contribution in [2.75, 3.05) is 16.8 Å². The van der Waals surface area contributed by atoms with Crippen molar-refractivity contribution in [1.29, 1.82) is 0 Å². The van der Waals surface area contributed by atoms with Gasteiger partial charge in [0.1, 0.15) is 11.4 Å². The number of hydrogen-bond donors (Lipinski definition) is 1. The van der Waals surface area contributed by atoms with Crippen LogP contribution in [0.15, 0.2) is 71.7 Å². The first-order chi connectivity index (χ1) is 14.6. The second kappa shape index (κ2) is 8.55. The van der Waals surface area contributed by atoms with E-state index in [2.05, 4.69) is 12.2 Å². The van der Waals surface area contributed by atoms with Crippen LogP contribution in [-0.2, 0) is 16.0 Å². The first kappa shape index (κ1) is 19.9. The van der Waals surface area contributed by atoms with Crippen LogP contribution in [0.25, 0.3) is 5.57 Å². The second-order valence-electron chi connectivity index (χ2n) is 6.78. The number of imide groups is 1. The molecule has 0 fully saturated rings. The molecule has 0 atom stereocenters. The van der Waals surface area contributed by atoms with Gasteiger partial charge in [-0.15, -0.1) is 11.3 Å². The predicted molar refractivity (Wildman–Crippen MR) is 121 cm³/mol. The zero-order valence-corrected chi connectivity index (χ0v) is 17.7. The Balaban J connectivity index is 1.73. The Morgan fingerprint density at radius 1 is 0.967 bits per heavy atom. The summed E-state index contributed by atoms with van der Waals surface area (Å²) in [6.07, 6.45) is 0.893. The molecule has 1 N–H and O–H groups in total. The summed E-state index contributed by atoms with van der Waals surface area (Å²) in [5.41, 5.74) is 3.06. The summed E-state index contributed by atoms with van der Waals surface area (Å²) in [5.74, 6) is 0.00850. The zero-order valence-electron chi connectivity index (χ0n) is 16.8. The van der Waals surface area contributed by atoms with Gasteiger partial charge in [-0.25, -0.2) is 4.90 Å². The molecule has 2 aromatic carbocycles. The van der Waals surface area contributed by atoms with Crippen molar-refractivity contribution in [3.8, 4) is 5.75 Å². The highest BCUT2D eigenvalue weighted by atomic mass is 32.1. The molecule has 1 aliphatic heterocycles. The maximum absolute atomic E-state index is 13.3. The van der Waals surface area contributed by atoms with Crippen LogP contribution in [0, 0.1) is 0 Å².